The molecule has 0 unspecified atom stereocenters. The van der Waals surface area contributed by atoms with E-state index < -0.39 is 0 Å². The summed E-state index contributed by atoms with van der Waals surface area (Å²) in [6, 6.07) is 8.37. The third-order valence-electron chi connectivity index (χ3n) is 5.94. The van der Waals surface area contributed by atoms with Crippen LogP contribution in [0.1, 0.15) is 50.3 Å². The van der Waals surface area contributed by atoms with E-state index in [4.69, 9.17) is 4.52 Å². The van der Waals surface area contributed by atoms with Gasteiger partial charge < -0.3 is 9.42 Å². The fourth-order valence-electron chi connectivity index (χ4n) is 4.52. The molecular weight excluding hydrogens is 342 g/mol. The monoisotopic (exact) mass is 365 g/mol. The van der Waals surface area contributed by atoms with Crippen LogP contribution >= 0.6 is 0 Å². The normalized spacial score (nSPS) is 21.4. The highest BCUT2D eigenvalue weighted by molar-refractivity contribution is 5.91. The highest BCUT2D eigenvalue weighted by Crippen LogP contribution is 2.34. The molecule has 1 amide bonds. The Hall–Kier alpha value is -2.70. The molecule has 0 N–H and O–H groups in total. The molecule has 2 fully saturated rings. The average Bonchev–Trinajstić information content (AvgIpc) is 3.40. The number of likely N-dealkylation sites (tertiary alicyclic amines) is 1. The van der Waals surface area contributed by atoms with Crippen molar-refractivity contribution in [1.82, 2.24) is 24.8 Å². The Kier molecular flexibility index (Phi) is 3.95. The number of para-hydroxylation sites is 1. The van der Waals surface area contributed by atoms with E-state index in [1.165, 1.54) is 19.3 Å². The topological polar surface area (TPSA) is 77.1 Å². The zero-order valence-electron chi connectivity index (χ0n) is 15.5. The fourth-order valence-corrected chi connectivity index (χ4v) is 4.52. The Labute approximate surface area is 157 Å². The van der Waals surface area contributed by atoms with Gasteiger partial charge in [-0.1, -0.05) is 42.6 Å². The van der Waals surface area contributed by atoms with Crippen molar-refractivity contribution in [2.45, 2.75) is 50.5 Å². The van der Waals surface area contributed by atoms with Crippen LogP contribution in [0.4, 0.5) is 0 Å². The van der Waals surface area contributed by atoms with E-state index in [2.05, 4.69) is 20.1 Å². The Morgan fingerprint density at radius 2 is 1.96 bits per heavy atom. The van der Waals surface area contributed by atoms with Crippen LogP contribution in [-0.4, -0.2) is 43.3 Å². The van der Waals surface area contributed by atoms with Gasteiger partial charge in [-0.3, -0.25) is 9.48 Å². The van der Waals surface area contributed by atoms with Crippen molar-refractivity contribution in [2.24, 2.45) is 7.05 Å². The van der Waals surface area contributed by atoms with E-state index in [9.17, 15) is 4.79 Å². The van der Waals surface area contributed by atoms with Crippen LogP contribution in [0.2, 0.25) is 0 Å². The van der Waals surface area contributed by atoms with Crippen LogP contribution in [-0.2, 0) is 11.8 Å². The molecule has 1 aliphatic heterocycles. The molecule has 0 bridgehead atoms. The second-order valence-electron chi connectivity index (χ2n) is 7.69. The molecule has 7 heteroatoms. The summed E-state index contributed by atoms with van der Waals surface area (Å²) in [7, 11) is 1.90. The largest absolute Gasteiger partial charge is 0.339 e. The van der Waals surface area contributed by atoms with E-state index in [0.717, 1.165) is 23.7 Å². The second kappa shape index (κ2) is 6.48. The molecular formula is C20H23N5O2. The molecule has 7 nitrogen and oxygen atoms in total. The highest BCUT2D eigenvalue weighted by atomic mass is 16.5. The molecule has 0 radical (unpaired) electrons. The quantitative estimate of drug-likeness (QED) is 0.712. The second-order valence-corrected chi connectivity index (χ2v) is 7.69. The molecule has 3 aromatic rings. The predicted octanol–water partition coefficient (Wildman–Crippen LogP) is 3.27. The summed E-state index contributed by atoms with van der Waals surface area (Å²) in [5.41, 5.74) is 1.71. The third-order valence-corrected chi connectivity index (χ3v) is 5.94. The number of carbonyl (C=O) groups is 1. The van der Waals surface area contributed by atoms with E-state index >= 15 is 0 Å². The molecule has 1 saturated heterocycles. The van der Waals surface area contributed by atoms with Gasteiger partial charge in [0, 0.05) is 37.4 Å². The van der Waals surface area contributed by atoms with Gasteiger partial charge in [0.1, 0.15) is 0 Å². The number of nitrogens with zero attached hydrogens (tertiary/aromatic N) is 5. The Morgan fingerprint density at radius 1 is 1.15 bits per heavy atom. The number of carbonyl (C=O) groups excluding carboxylic acids is 1. The maximum atomic E-state index is 12.5. The molecule has 140 valence electrons. The summed E-state index contributed by atoms with van der Waals surface area (Å²) in [5.74, 6) is 1.27. The Morgan fingerprint density at radius 3 is 2.81 bits per heavy atom. The Bertz CT molecular complexity index is 985. The number of fused-ring (bicyclic) bond motifs is 1. The number of hydrogen-bond donors (Lipinski definition) is 0. The number of rotatable bonds is 3. The molecule has 1 atom stereocenters. The van der Waals surface area contributed by atoms with Gasteiger partial charge in [0.05, 0.1) is 5.52 Å². The summed E-state index contributed by atoms with van der Waals surface area (Å²) in [6.45, 7) is 0.700. The molecule has 1 saturated carbocycles. The smallest absolute Gasteiger partial charge is 0.279 e. The maximum Gasteiger partial charge on any atom is 0.279 e. The van der Waals surface area contributed by atoms with Crippen molar-refractivity contribution >= 4 is 16.8 Å². The molecule has 0 spiro atoms. The molecule has 3 heterocycles. The lowest BCUT2D eigenvalue weighted by Gasteiger charge is -2.31. The molecule has 27 heavy (non-hydrogen) atoms. The van der Waals surface area contributed by atoms with Gasteiger partial charge in [-0.25, -0.2) is 0 Å². The van der Waals surface area contributed by atoms with E-state index in [1.807, 2.05) is 36.0 Å². The van der Waals surface area contributed by atoms with Gasteiger partial charge in [-0.15, -0.1) is 0 Å². The van der Waals surface area contributed by atoms with Crippen LogP contribution in [0.25, 0.3) is 22.5 Å². The van der Waals surface area contributed by atoms with Gasteiger partial charge in [0.25, 0.3) is 5.89 Å². The lowest BCUT2D eigenvalue weighted by atomic mass is 9.94. The van der Waals surface area contributed by atoms with Gasteiger partial charge in [-0.2, -0.15) is 10.1 Å². The summed E-state index contributed by atoms with van der Waals surface area (Å²) in [5, 5.41) is 9.72. The number of aromatic nitrogens is 4. The molecule has 5 rings (SSSR count). The molecule has 2 aliphatic rings. The average molecular weight is 365 g/mol. The Balaban J connectivity index is 1.40. The van der Waals surface area contributed by atoms with Crippen molar-refractivity contribution in [3.8, 4) is 11.6 Å². The van der Waals surface area contributed by atoms with Gasteiger partial charge in [0.15, 0.2) is 11.5 Å². The van der Waals surface area contributed by atoms with E-state index in [0.29, 0.717) is 36.4 Å². The lowest BCUT2D eigenvalue weighted by molar-refractivity contribution is -0.130. The minimum absolute atomic E-state index is 0.00639. The number of hydrogen-bond acceptors (Lipinski definition) is 5. The number of amides is 1. The maximum absolute atomic E-state index is 12.5. The number of benzene rings is 1. The first-order valence-corrected chi connectivity index (χ1v) is 9.76. The van der Waals surface area contributed by atoms with Crippen LogP contribution < -0.4 is 0 Å². The first kappa shape index (κ1) is 16.5. The van der Waals surface area contributed by atoms with Crippen LogP contribution in [0.5, 0.6) is 0 Å². The third kappa shape index (κ3) is 2.81. The van der Waals surface area contributed by atoms with Crippen LogP contribution in [0.3, 0.4) is 0 Å². The lowest BCUT2D eigenvalue weighted by Crippen LogP contribution is -2.37. The van der Waals surface area contributed by atoms with E-state index in [1.54, 1.807) is 0 Å². The van der Waals surface area contributed by atoms with Gasteiger partial charge >= 0.3 is 0 Å². The number of aryl methyl sites for hydroxylation is 1. The predicted molar refractivity (Wildman–Crippen MR) is 100.0 cm³/mol. The van der Waals surface area contributed by atoms with Crippen molar-refractivity contribution in [1.29, 1.82) is 0 Å². The molecule has 2 aromatic heterocycles. The highest BCUT2D eigenvalue weighted by Gasteiger charge is 2.37. The summed E-state index contributed by atoms with van der Waals surface area (Å²) in [6.07, 6.45) is 6.44. The van der Waals surface area contributed by atoms with Crippen molar-refractivity contribution < 1.29 is 9.32 Å². The first-order valence-electron chi connectivity index (χ1n) is 9.76. The van der Waals surface area contributed by atoms with Crippen molar-refractivity contribution in [3.63, 3.8) is 0 Å². The standard InChI is InChI=1S/C20H23N5O2/c1-24-16-10-6-5-9-15(16)18(22-24)20-21-19(23-27-20)13-11-17(26)25(12-13)14-7-3-2-4-8-14/h5-6,9-10,13-14H,2-4,7-8,11-12H2,1H3/t13-/m1/s1. The zero-order valence-corrected chi connectivity index (χ0v) is 15.5. The van der Waals surface area contributed by atoms with Crippen molar-refractivity contribution in [3.05, 3.63) is 30.1 Å². The molecule has 1 aliphatic carbocycles. The summed E-state index contributed by atoms with van der Waals surface area (Å²) in [4.78, 5) is 19.2. The summed E-state index contributed by atoms with van der Waals surface area (Å²) < 4.78 is 7.35. The van der Waals surface area contributed by atoms with Gasteiger partial charge in [0.2, 0.25) is 5.91 Å². The summed E-state index contributed by atoms with van der Waals surface area (Å²) >= 11 is 0. The van der Waals surface area contributed by atoms with Crippen molar-refractivity contribution in [2.75, 3.05) is 6.54 Å². The van der Waals surface area contributed by atoms with Crippen LogP contribution in [0.15, 0.2) is 28.8 Å². The molecule has 1 aromatic carbocycles. The van der Waals surface area contributed by atoms with Crippen LogP contribution in [0, 0.1) is 0 Å². The first-order chi connectivity index (χ1) is 13.2. The van der Waals surface area contributed by atoms with E-state index in [-0.39, 0.29) is 11.8 Å². The minimum atomic E-state index is 0.00639. The SMILES string of the molecule is Cn1nc(-c2nc([C@@H]3CC(=O)N(C4CCCCC4)C3)no2)c2ccccc21. The fraction of sp³-hybridized carbons (Fsp3) is 0.500. The van der Waals surface area contributed by atoms with Gasteiger partial charge in [-0.05, 0) is 18.9 Å². The minimum Gasteiger partial charge on any atom is -0.339 e. The zero-order chi connectivity index (χ0) is 18.4.